The number of hydrogen-bond donors (Lipinski definition) is 1. The SMILES string of the molecule is CSc1nc(-c2cc(C)ccc2OCCC(C)C)c(C#N)c(=O)[nH]1. The van der Waals surface area contributed by atoms with Gasteiger partial charge in [-0.15, -0.1) is 0 Å². The first kappa shape index (κ1) is 18.1. The fraction of sp³-hybridized carbons (Fsp3) is 0.389. The minimum absolute atomic E-state index is 0.00658. The maximum Gasteiger partial charge on any atom is 0.270 e. The summed E-state index contributed by atoms with van der Waals surface area (Å²) < 4.78 is 5.90. The second-order valence-electron chi connectivity index (χ2n) is 5.94. The molecule has 1 heterocycles. The van der Waals surface area contributed by atoms with Gasteiger partial charge in [-0.25, -0.2) is 4.98 Å². The Bertz CT molecular complexity index is 822. The van der Waals surface area contributed by atoms with Crippen LogP contribution in [-0.2, 0) is 0 Å². The number of nitrogens with one attached hydrogen (secondary N) is 1. The van der Waals surface area contributed by atoms with Gasteiger partial charge in [0.2, 0.25) is 0 Å². The molecule has 126 valence electrons. The van der Waals surface area contributed by atoms with E-state index in [1.165, 1.54) is 11.8 Å². The van der Waals surface area contributed by atoms with Crippen molar-refractivity contribution in [2.75, 3.05) is 12.9 Å². The predicted molar refractivity (Wildman–Crippen MR) is 96.5 cm³/mol. The lowest BCUT2D eigenvalue weighted by molar-refractivity contribution is 0.290. The summed E-state index contributed by atoms with van der Waals surface area (Å²) in [6.07, 6.45) is 2.75. The molecular weight excluding hydrogens is 322 g/mol. The summed E-state index contributed by atoms with van der Waals surface area (Å²) >= 11 is 1.33. The molecule has 0 fully saturated rings. The molecule has 2 aromatic rings. The summed E-state index contributed by atoms with van der Waals surface area (Å²) in [5.74, 6) is 1.18. The van der Waals surface area contributed by atoms with Crippen LogP contribution in [0.3, 0.4) is 0 Å². The van der Waals surface area contributed by atoms with E-state index >= 15 is 0 Å². The highest BCUT2D eigenvalue weighted by Crippen LogP contribution is 2.32. The molecule has 0 atom stereocenters. The van der Waals surface area contributed by atoms with Crippen LogP contribution in [0.4, 0.5) is 0 Å². The van der Waals surface area contributed by atoms with Gasteiger partial charge in [-0.2, -0.15) is 5.26 Å². The molecule has 1 N–H and O–H groups in total. The molecule has 1 aromatic carbocycles. The van der Waals surface area contributed by atoms with Gasteiger partial charge in [-0.3, -0.25) is 4.79 Å². The summed E-state index contributed by atoms with van der Waals surface area (Å²) in [7, 11) is 0. The molecule has 0 unspecified atom stereocenters. The fourth-order valence-corrected chi connectivity index (χ4v) is 2.58. The van der Waals surface area contributed by atoms with Crippen molar-refractivity contribution in [2.24, 2.45) is 5.92 Å². The van der Waals surface area contributed by atoms with Crippen molar-refractivity contribution in [3.05, 3.63) is 39.7 Å². The van der Waals surface area contributed by atoms with Crippen molar-refractivity contribution in [1.82, 2.24) is 9.97 Å². The van der Waals surface area contributed by atoms with Gasteiger partial charge < -0.3 is 9.72 Å². The summed E-state index contributed by atoms with van der Waals surface area (Å²) in [6.45, 7) is 6.80. The molecule has 24 heavy (non-hydrogen) atoms. The third kappa shape index (κ3) is 4.18. The number of H-pyrrole nitrogens is 1. The maximum absolute atomic E-state index is 12.2. The van der Waals surface area contributed by atoms with E-state index in [4.69, 9.17) is 4.74 Å². The minimum atomic E-state index is -0.429. The monoisotopic (exact) mass is 343 g/mol. The van der Waals surface area contributed by atoms with Crippen molar-refractivity contribution >= 4 is 11.8 Å². The Kier molecular flexibility index (Phi) is 6.04. The van der Waals surface area contributed by atoms with E-state index in [2.05, 4.69) is 23.8 Å². The van der Waals surface area contributed by atoms with Gasteiger partial charge in [0, 0.05) is 5.56 Å². The zero-order chi connectivity index (χ0) is 17.7. The number of aromatic nitrogens is 2. The number of nitriles is 1. The van der Waals surface area contributed by atoms with Crippen molar-refractivity contribution < 1.29 is 4.74 Å². The van der Waals surface area contributed by atoms with Crippen molar-refractivity contribution in [3.63, 3.8) is 0 Å². The average molecular weight is 343 g/mol. The Balaban J connectivity index is 2.55. The van der Waals surface area contributed by atoms with Crippen LogP contribution in [0.5, 0.6) is 5.75 Å². The van der Waals surface area contributed by atoms with Gasteiger partial charge in [0.1, 0.15) is 23.1 Å². The molecule has 0 radical (unpaired) electrons. The molecule has 0 amide bonds. The average Bonchev–Trinajstić information content (AvgIpc) is 2.55. The van der Waals surface area contributed by atoms with Gasteiger partial charge in [-0.1, -0.05) is 37.2 Å². The second kappa shape index (κ2) is 8.02. The number of thioether (sulfide) groups is 1. The zero-order valence-electron chi connectivity index (χ0n) is 14.3. The molecular formula is C18H21N3O2S. The topological polar surface area (TPSA) is 78.8 Å². The van der Waals surface area contributed by atoms with Crippen LogP contribution in [0.25, 0.3) is 11.3 Å². The molecule has 5 nitrogen and oxygen atoms in total. The number of ether oxygens (including phenoxy) is 1. The van der Waals surface area contributed by atoms with Crippen LogP contribution in [0.2, 0.25) is 0 Å². The van der Waals surface area contributed by atoms with Crippen LogP contribution < -0.4 is 10.3 Å². The summed E-state index contributed by atoms with van der Waals surface area (Å²) in [5.41, 5.74) is 1.64. The normalized spacial score (nSPS) is 10.7. The summed E-state index contributed by atoms with van der Waals surface area (Å²) in [5, 5.41) is 9.85. The van der Waals surface area contributed by atoms with Gasteiger partial charge in [0.15, 0.2) is 5.16 Å². The Labute approximate surface area is 146 Å². The van der Waals surface area contributed by atoms with E-state index in [0.29, 0.717) is 34.7 Å². The molecule has 0 bridgehead atoms. The van der Waals surface area contributed by atoms with Crippen LogP contribution in [0.15, 0.2) is 28.2 Å². The Hall–Kier alpha value is -2.26. The lowest BCUT2D eigenvalue weighted by atomic mass is 10.0. The van der Waals surface area contributed by atoms with Crippen LogP contribution in [0.1, 0.15) is 31.4 Å². The van der Waals surface area contributed by atoms with E-state index in [-0.39, 0.29) is 5.56 Å². The first-order valence-electron chi connectivity index (χ1n) is 7.78. The zero-order valence-corrected chi connectivity index (χ0v) is 15.2. The standard InChI is InChI=1S/C18H21N3O2S/c1-11(2)7-8-23-15-6-5-12(3)9-13(15)16-14(10-19)17(22)21-18(20-16)24-4/h5-6,9,11H,7-8H2,1-4H3,(H,20,21,22). The third-order valence-electron chi connectivity index (χ3n) is 3.55. The molecule has 0 aliphatic carbocycles. The number of nitrogens with zero attached hydrogens (tertiary/aromatic N) is 2. The maximum atomic E-state index is 12.2. The Morgan fingerprint density at radius 1 is 1.42 bits per heavy atom. The van der Waals surface area contributed by atoms with Crippen molar-refractivity contribution in [1.29, 1.82) is 5.26 Å². The Morgan fingerprint density at radius 2 is 2.17 bits per heavy atom. The molecule has 0 saturated carbocycles. The van der Waals surface area contributed by atoms with E-state index in [9.17, 15) is 10.1 Å². The third-order valence-corrected chi connectivity index (χ3v) is 4.13. The van der Waals surface area contributed by atoms with Crippen molar-refractivity contribution in [3.8, 4) is 23.1 Å². The molecule has 0 saturated heterocycles. The number of hydrogen-bond acceptors (Lipinski definition) is 5. The van der Waals surface area contributed by atoms with Gasteiger partial charge >= 0.3 is 0 Å². The fourth-order valence-electron chi connectivity index (χ4n) is 2.21. The number of aryl methyl sites for hydroxylation is 1. The first-order chi connectivity index (χ1) is 11.5. The summed E-state index contributed by atoms with van der Waals surface area (Å²) in [6, 6.07) is 7.68. The number of benzene rings is 1. The predicted octanol–water partition coefficient (Wildman–Crippen LogP) is 3.76. The van der Waals surface area contributed by atoms with Gasteiger partial charge in [0.25, 0.3) is 5.56 Å². The second-order valence-corrected chi connectivity index (χ2v) is 6.74. The van der Waals surface area contributed by atoms with Crippen LogP contribution in [-0.4, -0.2) is 22.8 Å². The molecule has 1 aromatic heterocycles. The molecule has 2 rings (SSSR count). The minimum Gasteiger partial charge on any atom is -0.493 e. The molecule has 6 heteroatoms. The lowest BCUT2D eigenvalue weighted by Gasteiger charge is -2.14. The van der Waals surface area contributed by atoms with E-state index in [1.807, 2.05) is 37.4 Å². The summed E-state index contributed by atoms with van der Waals surface area (Å²) in [4.78, 5) is 19.2. The van der Waals surface area contributed by atoms with E-state index < -0.39 is 5.56 Å². The highest BCUT2D eigenvalue weighted by Gasteiger charge is 2.17. The van der Waals surface area contributed by atoms with E-state index in [0.717, 1.165) is 12.0 Å². The number of rotatable bonds is 6. The van der Waals surface area contributed by atoms with E-state index in [1.54, 1.807) is 0 Å². The highest BCUT2D eigenvalue weighted by atomic mass is 32.2. The quantitative estimate of drug-likeness (QED) is 0.638. The van der Waals surface area contributed by atoms with Crippen molar-refractivity contribution in [2.45, 2.75) is 32.3 Å². The Morgan fingerprint density at radius 3 is 2.79 bits per heavy atom. The first-order valence-corrected chi connectivity index (χ1v) is 9.01. The van der Waals surface area contributed by atoms with Crippen LogP contribution >= 0.6 is 11.8 Å². The van der Waals surface area contributed by atoms with Gasteiger partial charge in [-0.05, 0) is 37.7 Å². The smallest absolute Gasteiger partial charge is 0.270 e. The number of aromatic amines is 1. The molecule has 0 spiro atoms. The largest absolute Gasteiger partial charge is 0.493 e. The molecule has 0 aliphatic rings. The highest BCUT2D eigenvalue weighted by molar-refractivity contribution is 7.98. The lowest BCUT2D eigenvalue weighted by Crippen LogP contribution is -2.15. The molecule has 0 aliphatic heterocycles. The van der Waals surface area contributed by atoms with Crippen LogP contribution in [0, 0.1) is 24.2 Å². The van der Waals surface area contributed by atoms with Gasteiger partial charge in [0.05, 0.1) is 6.61 Å².